The Hall–Kier alpha value is -2.04. The fourth-order valence-electron chi connectivity index (χ4n) is 1.27. The smallest absolute Gasteiger partial charge is 0.340 e. The lowest BCUT2D eigenvalue weighted by Crippen LogP contribution is -2.28. The van der Waals surface area contributed by atoms with E-state index in [1.807, 2.05) is 0 Å². The monoisotopic (exact) mass is 250 g/mol. The van der Waals surface area contributed by atoms with Gasteiger partial charge < -0.3 is 15.8 Å². The number of methoxy groups -OCH3 is 1. The van der Waals surface area contributed by atoms with Gasteiger partial charge in [-0.2, -0.15) is 0 Å². The van der Waals surface area contributed by atoms with Crippen LogP contribution in [0.3, 0.4) is 0 Å². The molecule has 0 radical (unpaired) electrons. The quantitative estimate of drug-likeness (QED) is 0.621. The standard InChI is InChI=1S/C13H18N2O3/c1-13(2,3)12(17)15-9-7-5-6-8(10(9)14)11(16)18-4/h5-7H,14H2,1-4H3,(H,15,17). The van der Waals surface area contributed by atoms with Crippen molar-refractivity contribution >= 4 is 23.3 Å². The average Bonchev–Trinajstić information content (AvgIpc) is 2.29. The number of ether oxygens (including phenoxy) is 1. The highest BCUT2D eigenvalue weighted by atomic mass is 16.5. The van der Waals surface area contributed by atoms with E-state index >= 15 is 0 Å². The highest BCUT2D eigenvalue weighted by molar-refractivity contribution is 6.03. The number of hydrogen-bond donors (Lipinski definition) is 2. The number of amides is 1. The lowest BCUT2D eigenvalue weighted by Gasteiger charge is -2.19. The van der Waals surface area contributed by atoms with Crippen molar-refractivity contribution in [3.05, 3.63) is 23.8 Å². The molecule has 1 amide bonds. The molecular weight excluding hydrogens is 232 g/mol. The van der Waals surface area contributed by atoms with Crippen LogP contribution in [-0.2, 0) is 9.53 Å². The molecule has 18 heavy (non-hydrogen) atoms. The second-order valence-corrected chi connectivity index (χ2v) is 4.96. The second-order valence-electron chi connectivity index (χ2n) is 4.96. The number of nitrogens with two attached hydrogens (primary N) is 1. The minimum Gasteiger partial charge on any atom is -0.465 e. The Morgan fingerprint density at radius 1 is 1.28 bits per heavy atom. The molecule has 0 spiro atoms. The first-order valence-electron chi connectivity index (χ1n) is 5.55. The summed E-state index contributed by atoms with van der Waals surface area (Å²) in [4.78, 5) is 23.3. The average molecular weight is 250 g/mol. The van der Waals surface area contributed by atoms with Crippen LogP contribution < -0.4 is 11.1 Å². The van der Waals surface area contributed by atoms with Crippen molar-refractivity contribution in [2.24, 2.45) is 5.41 Å². The number of esters is 1. The van der Waals surface area contributed by atoms with Gasteiger partial charge >= 0.3 is 5.97 Å². The number of anilines is 2. The number of hydrogen-bond acceptors (Lipinski definition) is 4. The normalized spacial score (nSPS) is 10.9. The van der Waals surface area contributed by atoms with Gasteiger partial charge in [0.1, 0.15) is 0 Å². The van der Waals surface area contributed by atoms with Gasteiger partial charge in [0, 0.05) is 5.41 Å². The Morgan fingerprint density at radius 3 is 2.39 bits per heavy atom. The zero-order chi connectivity index (χ0) is 13.9. The molecule has 0 fully saturated rings. The van der Waals surface area contributed by atoms with Crippen LogP contribution in [0.25, 0.3) is 0 Å². The second kappa shape index (κ2) is 5.08. The summed E-state index contributed by atoms with van der Waals surface area (Å²) in [6.07, 6.45) is 0. The summed E-state index contributed by atoms with van der Waals surface area (Å²) < 4.78 is 4.61. The van der Waals surface area contributed by atoms with Gasteiger partial charge in [0.25, 0.3) is 0 Å². The van der Waals surface area contributed by atoms with E-state index in [1.54, 1.807) is 39.0 Å². The van der Waals surface area contributed by atoms with Gasteiger partial charge in [0.05, 0.1) is 24.0 Å². The predicted octanol–water partition coefficient (Wildman–Crippen LogP) is 2.04. The molecule has 5 nitrogen and oxygen atoms in total. The topological polar surface area (TPSA) is 81.4 Å². The molecule has 0 atom stereocenters. The van der Waals surface area contributed by atoms with Crippen molar-refractivity contribution in [3.63, 3.8) is 0 Å². The third-order valence-corrected chi connectivity index (χ3v) is 2.44. The Labute approximate surface area is 106 Å². The van der Waals surface area contributed by atoms with Crippen LogP contribution in [0.15, 0.2) is 18.2 Å². The lowest BCUT2D eigenvalue weighted by molar-refractivity contribution is -0.123. The molecule has 0 aliphatic rings. The number of carbonyl (C=O) groups is 2. The zero-order valence-corrected chi connectivity index (χ0v) is 11.0. The molecule has 5 heteroatoms. The molecule has 1 rings (SSSR count). The number of para-hydroxylation sites is 1. The van der Waals surface area contributed by atoms with Crippen molar-refractivity contribution in [1.29, 1.82) is 0 Å². The Morgan fingerprint density at radius 2 is 1.89 bits per heavy atom. The number of carbonyl (C=O) groups excluding carboxylic acids is 2. The first-order chi connectivity index (χ1) is 8.27. The van der Waals surface area contributed by atoms with Gasteiger partial charge in [-0.15, -0.1) is 0 Å². The minimum absolute atomic E-state index is 0.170. The van der Waals surface area contributed by atoms with Gasteiger partial charge in [-0.3, -0.25) is 4.79 Å². The molecule has 1 aromatic rings. The SMILES string of the molecule is COC(=O)c1cccc(NC(=O)C(C)(C)C)c1N. The first kappa shape index (κ1) is 14.0. The van der Waals surface area contributed by atoms with Crippen LogP contribution in [0.2, 0.25) is 0 Å². The van der Waals surface area contributed by atoms with Crippen molar-refractivity contribution in [2.75, 3.05) is 18.2 Å². The van der Waals surface area contributed by atoms with Crippen LogP contribution >= 0.6 is 0 Å². The molecule has 1 aromatic carbocycles. The molecular formula is C13H18N2O3. The molecule has 3 N–H and O–H groups in total. The molecule has 0 heterocycles. The third kappa shape index (κ3) is 3.00. The molecule has 98 valence electrons. The highest BCUT2D eigenvalue weighted by Gasteiger charge is 2.22. The van der Waals surface area contributed by atoms with Crippen molar-refractivity contribution in [1.82, 2.24) is 0 Å². The molecule has 0 saturated heterocycles. The van der Waals surface area contributed by atoms with Gasteiger partial charge in [-0.25, -0.2) is 4.79 Å². The maximum Gasteiger partial charge on any atom is 0.340 e. The number of nitrogens with one attached hydrogen (secondary N) is 1. The Kier molecular flexibility index (Phi) is 3.96. The largest absolute Gasteiger partial charge is 0.465 e. The highest BCUT2D eigenvalue weighted by Crippen LogP contribution is 2.25. The van der Waals surface area contributed by atoms with E-state index in [4.69, 9.17) is 5.73 Å². The van der Waals surface area contributed by atoms with Crippen molar-refractivity contribution < 1.29 is 14.3 Å². The molecule has 0 bridgehead atoms. The van der Waals surface area contributed by atoms with Gasteiger partial charge in [0.2, 0.25) is 5.91 Å². The zero-order valence-electron chi connectivity index (χ0n) is 11.0. The van der Waals surface area contributed by atoms with E-state index in [0.717, 1.165) is 0 Å². The summed E-state index contributed by atoms with van der Waals surface area (Å²) in [5.74, 6) is -0.699. The minimum atomic E-state index is -0.534. The predicted molar refractivity (Wildman–Crippen MR) is 70.3 cm³/mol. The molecule has 0 aliphatic carbocycles. The first-order valence-corrected chi connectivity index (χ1v) is 5.55. The van der Waals surface area contributed by atoms with Crippen LogP contribution in [0.4, 0.5) is 11.4 Å². The Balaban J connectivity index is 3.05. The van der Waals surface area contributed by atoms with Gasteiger partial charge in [-0.05, 0) is 12.1 Å². The van der Waals surface area contributed by atoms with Crippen molar-refractivity contribution in [2.45, 2.75) is 20.8 Å². The van der Waals surface area contributed by atoms with Crippen LogP contribution in [0.5, 0.6) is 0 Å². The van der Waals surface area contributed by atoms with Crippen molar-refractivity contribution in [3.8, 4) is 0 Å². The van der Waals surface area contributed by atoms with E-state index < -0.39 is 11.4 Å². The number of rotatable bonds is 2. The van der Waals surface area contributed by atoms with E-state index in [1.165, 1.54) is 7.11 Å². The van der Waals surface area contributed by atoms with E-state index in [2.05, 4.69) is 10.1 Å². The molecule has 0 saturated carbocycles. The van der Waals surface area contributed by atoms with Crippen LogP contribution in [-0.4, -0.2) is 19.0 Å². The molecule has 0 aliphatic heterocycles. The van der Waals surface area contributed by atoms with Gasteiger partial charge in [-0.1, -0.05) is 26.8 Å². The van der Waals surface area contributed by atoms with E-state index in [-0.39, 0.29) is 17.2 Å². The molecule has 0 unspecified atom stereocenters. The maximum atomic E-state index is 11.9. The Bertz CT molecular complexity index is 476. The summed E-state index contributed by atoms with van der Waals surface area (Å²) in [6, 6.07) is 4.83. The maximum absolute atomic E-state index is 11.9. The third-order valence-electron chi connectivity index (χ3n) is 2.44. The van der Waals surface area contributed by atoms with E-state index in [0.29, 0.717) is 5.69 Å². The fourth-order valence-corrected chi connectivity index (χ4v) is 1.27. The lowest BCUT2D eigenvalue weighted by atomic mass is 9.95. The van der Waals surface area contributed by atoms with Crippen LogP contribution in [0, 0.1) is 5.41 Å². The molecule has 0 aromatic heterocycles. The number of nitrogen functional groups attached to an aromatic ring is 1. The van der Waals surface area contributed by atoms with Gasteiger partial charge in [0.15, 0.2) is 0 Å². The summed E-state index contributed by atoms with van der Waals surface area (Å²) in [7, 11) is 1.28. The summed E-state index contributed by atoms with van der Waals surface area (Å²) >= 11 is 0. The summed E-state index contributed by atoms with van der Waals surface area (Å²) in [5, 5.41) is 2.70. The van der Waals surface area contributed by atoms with E-state index in [9.17, 15) is 9.59 Å². The van der Waals surface area contributed by atoms with Crippen LogP contribution in [0.1, 0.15) is 31.1 Å². The number of benzene rings is 1. The fraction of sp³-hybridized carbons (Fsp3) is 0.385. The summed E-state index contributed by atoms with van der Waals surface area (Å²) in [5.41, 5.74) is 6.17. The summed E-state index contributed by atoms with van der Waals surface area (Å²) in [6.45, 7) is 5.38.